The van der Waals surface area contributed by atoms with Gasteiger partial charge in [0.05, 0.1) is 17.2 Å². The number of rotatable bonds is 3. The zero-order valence-electron chi connectivity index (χ0n) is 18.7. The summed E-state index contributed by atoms with van der Waals surface area (Å²) in [7, 11) is 0. The lowest BCUT2D eigenvalue weighted by molar-refractivity contribution is -0.143. The molecule has 0 fully saturated rings. The number of carbonyl (C=O) groups excluding carboxylic acids is 1. The molecular weight excluding hydrogens is 448 g/mol. The normalized spacial score (nSPS) is 16.5. The number of amides is 1. The Kier molecular flexibility index (Phi) is 6.47. The highest BCUT2D eigenvalue weighted by Crippen LogP contribution is 2.40. The van der Waals surface area contributed by atoms with Crippen molar-refractivity contribution in [1.29, 1.82) is 0 Å². The number of ether oxygens (including phenoxy) is 1. The average Bonchev–Trinajstić information content (AvgIpc) is 3.05. The third-order valence-electron chi connectivity index (χ3n) is 5.35. The molecule has 1 amide bonds. The summed E-state index contributed by atoms with van der Waals surface area (Å²) in [5.74, 6) is 0. The van der Waals surface area contributed by atoms with Crippen molar-refractivity contribution in [1.82, 2.24) is 4.90 Å². The molecule has 2 aromatic rings. The van der Waals surface area contributed by atoms with E-state index in [2.05, 4.69) is 0 Å². The van der Waals surface area contributed by atoms with Crippen LogP contribution in [0.5, 0.6) is 0 Å². The molecule has 0 aliphatic heterocycles. The Balaban J connectivity index is 2.05. The number of alkyl halides is 6. The van der Waals surface area contributed by atoms with Crippen LogP contribution in [0.15, 0.2) is 36.4 Å². The molecule has 0 heterocycles. The highest BCUT2D eigenvalue weighted by atomic mass is 19.4. The molecule has 3 nitrogen and oxygen atoms in total. The Labute approximate surface area is 188 Å². The van der Waals surface area contributed by atoms with E-state index in [-0.39, 0.29) is 11.6 Å². The zero-order valence-corrected chi connectivity index (χ0v) is 18.7. The maximum atomic E-state index is 13.3. The van der Waals surface area contributed by atoms with Crippen molar-refractivity contribution in [3.8, 4) is 0 Å². The van der Waals surface area contributed by atoms with E-state index in [1.807, 2.05) is 25.1 Å². The Morgan fingerprint density at radius 2 is 1.55 bits per heavy atom. The van der Waals surface area contributed by atoms with Crippen molar-refractivity contribution in [2.75, 3.05) is 0 Å². The molecule has 0 saturated carbocycles. The third kappa shape index (κ3) is 6.00. The van der Waals surface area contributed by atoms with Gasteiger partial charge in [0.1, 0.15) is 5.60 Å². The van der Waals surface area contributed by atoms with Gasteiger partial charge in [-0.25, -0.2) is 4.79 Å². The number of benzene rings is 2. The fraction of sp³-hybridized carbons (Fsp3) is 0.458. The summed E-state index contributed by atoms with van der Waals surface area (Å²) in [6, 6.07) is 6.52. The summed E-state index contributed by atoms with van der Waals surface area (Å²) < 4.78 is 85.4. The predicted molar refractivity (Wildman–Crippen MR) is 110 cm³/mol. The van der Waals surface area contributed by atoms with Gasteiger partial charge in [-0.1, -0.05) is 23.8 Å². The number of hydrogen-bond acceptors (Lipinski definition) is 2. The maximum absolute atomic E-state index is 13.3. The first-order valence-electron chi connectivity index (χ1n) is 10.4. The minimum atomic E-state index is -4.97. The van der Waals surface area contributed by atoms with E-state index in [1.165, 1.54) is 4.90 Å². The molecule has 1 aliphatic carbocycles. The first-order valence-corrected chi connectivity index (χ1v) is 10.4. The van der Waals surface area contributed by atoms with Gasteiger partial charge in [-0.3, -0.25) is 4.90 Å². The predicted octanol–water partition coefficient (Wildman–Crippen LogP) is 7.46. The van der Waals surface area contributed by atoms with E-state index < -0.39 is 47.8 Å². The molecule has 1 unspecified atom stereocenters. The largest absolute Gasteiger partial charge is 0.444 e. The summed E-state index contributed by atoms with van der Waals surface area (Å²) >= 11 is 0. The number of hydrogen-bond donors (Lipinski definition) is 0. The first kappa shape index (κ1) is 24.9. The van der Waals surface area contributed by atoms with Crippen LogP contribution < -0.4 is 0 Å². The topological polar surface area (TPSA) is 29.5 Å². The molecule has 33 heavy (non-hydrogen) atoms. The molecule has 0 aromatic heterocycles. The number of carbonyl (C=O) groups is 1. The SMILES string of the molecule is Cc1ccc2c(c1)CCC2N(Cc1cc(C(F)(F)F)cc(C(F)(F)F)c1)C(=O)OC(C)(C)C. The molecule has 0 N–H and O–H groups in total. The highest BCUT2D eigenvalue weighted by Gasteiger charge is 2.38. The number of nitrogens with zero attached hydrogens (tertiary/aromatic N) is 1. The number of aryl methyl sites for hydroxylation is 2. The van der Waals surface area contributed by atoms with Gasteiger partial charge in [-0.15, -0.1) is 0 Å². The van der Waals surface area contributed by atoms with E-state index in [0.29, 0.717) is 25.0 Å². The average molecular weight is 473 g/mol. The van der Waals surface area contributed by atoms with Crippen molar-refractivity contribution in [3.05, 3.63) is 69.8 Å². The van der Waals surface area contributed by atoms with E-state index in [9.17, 15) is 31.1 Å². The minimum absolute atomic E-state index is 0.0783. The second kappa shape index (κ2) is 8.57. The van der Waals surface area contributed by atoms with Gasteiger partial charge in [-0.2, -0.15) is 26.3 Å². The molecule has 9 heteroatoms. The van der Waals surface area contributed by atoms with Gasteiger partial charge in [-0.05, 0) is 75.4 Å². The van der Waals surface area contributed by atoms with Crippen LogP contribution >= 0.6 is 0 Å². The molecule has 0 bridgehead atoms. The van der Waals surface area contributed by atoms with Gasteiger partial charge < -0.3 is 4.74 Å². The van der Waals surface area contributed by atoms with E-state index in [0.717, 1.165) is 16.7 Å². The van der Waals surface area contributed by atoms with Gasteiger partial charge in [0.2, 0.25) is 0 Å². The summed E-state index contributed by atoms with van der Waals surface area (Å²) in [4.78, 5) is 14.3. The van der Waals surface area contributed by atoms with Gasteiger partial charge in [0, 0.05) is 6.54 Å². The first-order chi connectivity index (χ1) is 15.0. The fourth-order valence-electron chi connectivity index (χ4n) is 3.98. The van der Waals surface area contributed by atoms with Crippen LogP contribution in [0.4, 0.5) is 31.1 Å². The Hall–Kier alpha value is -2.71. The van der Waals surface area contributed by atoms with Crippen LogP contribution in [0.25, 0.3) is 0 Å². The molecule has 180 valence electrons. The van der Waals surface area contributed by atoms with Crippen molar-refractivity contribution < 1.29 is 35.9 Å². The van der Waals surface area contributed by atoms with Crippen LogP contribution in [0.1, 0.15) is 66.6 Å². The minimum Gasteiger partial charge on any atom is -0.444 e. The second-order valence-corrected chi connectivity index (χ2v) is 9.28. The summed E-state index contributed by atoms with van der Waals surface area (Å²) in [6.07, 6.45) is -9.61. The molecule has 1 aliphatic rings. The zero-order chi connectivity index (χ0) is 24.8. The maximum Gasteiger partial charge on any atom is 0.416 e. The highest BCUT2D eigenvalue weighted by molar-refractivity contribution is 5.69. The van der Waals surface area contributed by atoms with E-state index in [4.69, 9.17) is 4.74 Å². The van der Waals surface area contributed by atoms with E-state index >= 15 is 0 Å². The van der Waals surface area contributed by atoms with Crippen molar-refractivity contribution in [2.24, 2.45) is 0 Å². The smallest absolute Gasteiger partial charge is 0.416 e. The molecular formula is C24H25F6NO2. The molecule has 3 rings (SSSR count). The van der Waals surface area contributed by atoms with Crippen molar-refractivity contribution in [2.45, 2.75) is 71.1 Å². The lowest BCUT2D eigenvalue weighted by atomic mass is 10.0. The van der Waals surface area contributed by atoms with Crippen molar-refractivity contribution in [3.63, 3.8) is 0 Å². The monoisotopic (exact) mass is 473 g/mol. The van der Waals surface area contributed by atoms with Crippen LogP contribution in [-0.2, 0) is 30.1 Å². The second-order valence-electron chi connectivity index (χ2n) is 9.28. The lowest BCUT2D eigenvalue weighted by Crippen LogP contribution is -2.38. The Morgan fingerprint density at radius 1 is 0.970 bits per heavy atom. The van der Waals surface area contributed by atoms with Gasteiger partial charge in [0.15, 0.2) is 0 Å². The molecule has 0 spiro atoms. The number of fused-ring (bicyclic) bond motifs is 1. The van der Waals surface area contributed by atoms with Crippen LogP contribution in [-0.4, -0.2) is 16.6 Å². The Morgan fingerprint density at radius 3 is 2.06 bits per heavy atom. The fourth-order valence-corrected chi connectivity index (χ4v) is 3.98. The number of halogens is 6. The van der Waals surface area contributed by atoms with Crippen LogP contribution in [0.2, 0.25) is 0 Å². The van der Waals surface area contributed by atoms with Crippen LogP contribution in [0, 0.1) is 6.92 Å². The van der Waals surface area contributed by atoms with Crippen LogP contribution in [0.3, 0.4) is 0 Å². The molecule has 2 aromatic carbocycles. The lowest BCUT2D eigenvalue weighted by Gasteiger charge is -2.32. The standard InChI is InChI=1S/C24H25F6NO2/c1-14-5-7-19-16(9-14)6-8-20(19)31(21(32)33-22(2,3)4)13-15-10-17(23(25,26)27)12-18(11-15)24(28,29)30/h5,7,9-12,20H,6,8,13H2,1-4H3. The molecule has 0 radical (unpaired) electrons. The quantitative estimate of drug-likeness (QED) is 0.433. The summed E-state index contributed by atoms with van der Waals surface area (Å²) in [6.45, 7) is 6.38. The summed E-state index contributed by atoms with van der Waals surface area (Å²) in [5, 5.41) is 0. The van der Waals surface area contributed by atoms with Gasteiger partial charge >= 0.3 is 18.4 Å². The Bertz CT molecular complexity index is 1000. The third-order valence-corrected chi connectivity index (χ3v) is 5.35. The summed E-state index contributed by atoms with van der Waals surface area (Å²) in [5.41, 5.74) is -1.18. The molecule has 0 saturated heterocycles. The van der Waals surface area contributed by atoms with Gasteiger partial charge in [0.25, 0.3) is 0 Å². The molecule has 1 atom stereocenters. The van der Waals surface area contributed by atoms with E-state index in [1.54, 1.807) is 20.8 Å². The van der Waals surface area contributed by atoms with Crippen molar-refractivity contribution >= 4 is 6.09 Å².